The molecule has 0 heterocycles. The third-order valence-electron chi connectivity index (χ3n) is 3.82. The smallest absolute Gasteiger partial charge is 0.211 e. The lowest BCUT2D eigenvalue weighted by Gasteiger charge is -2.24. The number of hydrogen-bond acceptors (Lipinski definition) is 3. The van der Waals surface area contributed by atoms with E-state index in [1.165, 1.54) is 0 Å². The van der Waals surface area contributed by atoms with Crippen molar-refractivity contribution in [1.29, 1.82) is 0 Å². The summed E-state index contributed by atoms with van der Waals surface area (Å²) in [7, 11) is -3.44. The van der Waals surface area contributed by atoms with Gasteiger partial charge in [0.1, 0.15) is 5.60 Å². The van der Waals surface area contributed by atoms with Crippen LogP contribution in [-0.4, -0.2) is 25.8 Å². The van der Waals surface area contributed by atoms with E-state index in [4.69, 9.17) is 11.6 Å². The van der Waals surface area contributed by atoms with Crippen molar-refractivity contribution >= 4 is 21.6 Å². The van der Waals surface area contributed by atoms with Crippen LogP contribution in [0.1, 0.15) is 24.5 Å². The second-order valence-electron chi connectivity index (χ2n) is 6.01. The number of nitrogens with one attached hydrogen (secondary N) is 1. The zero-order chi connectivity index (χ0) is 17.6. The zero-order valence-corrected chi connectivity index (χ0v) is 15.1. The minimum absolute atomic E-state index is 0.0264. The first-order valence-electron chi connectivity index (χ1n) is 7.78. The molecule has 1 unspecified atom stereocenters. The van der Waals surface area contributed by atoms with Crippen LogP contribution in [0.5, 0.6) is 0 Å². The van der Waals surface area contributed by atoms with Crippen LogP contribution in [0.15, 0.2) is 54.6 Å². The number of aryl methyl sites for hydroxylation is 1. The molecule has 0 fully saturated rings. The van der Waals surface area contributed by atoms with Crippen molar-refractivity contribution < 1.29 is 13.5 Å². The lowest BCUT2D eigenvalue weighted by molar-refractivity contribution is 0.0627. The fourth-order valence-corrected chi connectivity index (χ4v) is 3.64. The summed E-state index contributed by atoms with van der Waals surface area (Å²) in [6, 6.07) is 16.5. The van der Waals surface area contributed by atoms with Gasteiger partial charge in [-0.05, 0) is 43.0 Å². The maximum absolute atomic E-state index is 12.1. The first kappa shape index (κ1) is 18.9. The minimum Gasteiger partial charge on any atom is -0.384 e. The van der Waals surface area contributed by atoms with Gasteiger partial charge in [0, 0.05) is 11.6 Å². The van der Waals surface area contributed by atoms with Gasteiger partial charge in [-0.2, -0.15) is 0 Å². The Hall–Kier alpha value is -1.40. The van der Waals surface area contributed by atoms with E-state index in [1.54, 1.807) is 31.2 Å². The lowest BCUT2D eigenvalue weighted by atomic mass is 9.97. The van der Waals surface area contributed by atoms with Crippen LogP contribution < -0.4 is 4.72 Å². The Morgan fingerprint density at radius 3 is 2.33 bits per heavy atom. The summed E-state index contributed by atoms with van der Waals surface area (Å²) in [5.41, 5.74) is 0.427. The van der Waals surface area contributed by atoms with Crippen molar-refractivity contribution in [2.45, 2.75) is 25.4 Å². The molecule has 2 rings (SSSR count). The Bertz CT molecular complexity index is 744. The van der Waals surface area contributed by atoms with Gasteiger partial charge in [-0.25, -0.2) is 13.1 Å². The number of sulfonamides is 1. The number of aliphatic hydroxyl groups is 1. The van der Waals surface area contributed by atoms with Gasteiger partial charge in [-0.1, -0.05) is 54.1 Å². The summed E-state index contributed by atoms with van der Waals surface area (Å²) >= 11 is 5.83. The van der Waals surface area contributed by atoms with Gasteiger partial charge in [0.15, 0.2) is 0 Å². The largest absolute Gasteiger partial charge is 0.384 e. The molecule has 2 aromatic rings. The SMILES string of the molecule is CC(O)(CNS(=O)(=O)CCCc1ccccc1)c1ccc(Cl)cc1. The lowest BCUT2D eigenvalue weighted by Crippen LogP contribution is -2.39. The highest BCUT2D eigenvalue weighted by Crippen LogP contribution is 2.22. The molecule has 0 saturated carbocycles. The molecule has 0 saturated heterocycles. The Morgan fingerprint density at radius 2 is 1.71 bits per heavy atom. The van der Waals surface area contributed by atoms with Crippen molar-refractivity contribution in [3.8, 4) is 0 Å². The topological polar surface area (TPSA) is 66.4 Å². The highest BCUT2D eigenvalue weighted by atomic mass is 35.5. The fraction of sp³-hybridized carbons (Fsp3) is 0.333. The predicted octanol–water partition coefficient (Wildman–Crippen LogP) is 3.10. The Morgan fingerprint density at radius 1 is 1.08 bits per heavy atom. The zero-order valence-electron chi connectivity index (χ0n) is 13.6. The maximum Gasteiger partial charge on any atom is 0.211 e. The molecule has 0 bridgehead atoms. The summed E-state index contributed by atoms with van der Waals surface area (Å²) in [5, 5.41) is 11.0. The van der Waals surface area contributed by atoms with E-state index in [9.17, 15) is 13.5 Å². The molecule has 1 atom stereocenters. The van der Waals surface area contributed by atoms with Crippen LogP contribution in [-0.2, 0) is 22.0 Å². The molecule has 0 aliphatic heterocycles. The summed E-state index contributed by atoms with van der Waals surface area (Å²) in [6.45, 7) is 1.49. The molecule has 6 heteroatoms. The molecule has 4 nitrogen and oxygen atoms in total. The molecule has 2 aromatic carbocycles. The molecule has 0 spiro atoms. The van der Waals surface area contributed by atoms with E-state index in [0.29, 0.717) is 23.4 Å². The Balaban J connectivity index is 1.86. The summed E-state index contributed by atoms with van der Waals surface area (Å²) < 4.78 is 26.7. The third-order valence-corrected chi connectivity index (χ3v) is 5.49. The predicted molar refractivity (Wildman–Crippen MR) is 97.6 cm³/mol. The molecule has 2 N–H and O–H groups in total. The summed E-state index contributed by atoms with van der Waals surface area (Å²) in [5.74, 6) is 0.0264. The van der Waals surface area contributed by atoms with Crippen LogP contribution >= 0.6 is 11.6 Å². The molecule has 0 aliphatic carbocycles. The second kappa shape index (κ2) is 8.12. The number of benzene rings is 2. The second-order valence-corrected chi connectivity index (χ2v) is 8.37. The van der Waals surface area contributed by atoms with Crippen molar-refractivity contribution in [2.24, 2.45) is 0 Å². The van der Waals surface area contributed by atoms with E-state index in [0.717, 1.165) is 5.56 Å². The number of hydrogen-bond donors (Lipinski definition) is 2. The molecule has 0 aromatic heterocycles. The van der Waals surface area contributed by atoms with Crippen LogP contribution in [0.4, 0.5) is 0 Å². The third kappa shape index (κ3) is 5.91. The van der Waals surface area contributed by atoms with Crippen molar-refractivity contribution in [2.75, 3.05) is 12.3 Å². The van der Waals surface area contributed by atoms with Gasteiger partial charge in [0.05, 0.1) is 5.75 Å². The molecular formula is C18H22ClNO3S. The molecule has 0 amide bonds. The highest BCUT2D eigenvalue weighted by molar-refractivity contribution is 7.89. The average molecular weight is 368 g/mol. The Kier molecular flexibility index (Phi) is 6.40. The van der Waals surface area contributed by atoms with Crippen molar-refractivity contribution in [3.63, 3.8) is 0 Å². The minimum atomic E-state index is -3.44. The number of rotatable bonds is 8. The Labute approximate surface area is 148 Å². The van der Waals surface area contributed by atoms with E-state index in [1.807, 2.05) is 30.3 Å². The van der Waals surface area contributed by atoms with Crippen molar-refractivity contribution in [3.05, 3.63) is 70.7 Å². The van der Waals surface area contributed by atoms with Gasteiger partial charge in [-0.3, -0.25) is 0 Å². The van der Waals surface area contributed by atoms with Gasteiger partial charge in [0.25, 0.3) is 0 Å². The standard InChI is InChI=1S/C18H22ClNO3S/c1-18(21,16-9-11-17(19)12-10-16)14-20-24(22,23)13-5-8-15-6-3-2-4-7-15/h2-4,6-7,9-12,20-21H,5,8,13-14H2,1H3. The quantitative estimate of drug-likeness (QED) is 0.753. The van der Waals surface area contributed by atoms with Crippen LogP contribution in [0.25, 0.3) is 0 Å². The van der Waals surface area contributed by atoms with E-state index < -0.39 is 15.6 Å². The first-order valence-corrected chi connectivity index (χ1v) is 9.81. The van der Waals surface area contributed by atoms with Crippen LogP contribution in [0, 0.1) is 0 Å². The molecule has 0 radical (unpaired) electrons. The van der Waals surface area contributed by atoms with Crippen LogP contribution in [0.2, 0.25) is 5.02 Å². The monoisotopic (exact) mass is 367 g/mol. The van der Waals surface area contributed by atoms with Gasteiger partial charge in [-0.15, -0.1) is 0 Å². The number of halogens is 1. The maximum atomic E-state index is 12.1. The van der Waals surface area contributed by atoms with E-state index in [2.05, 4.69) is 4.72 Å². The molecule has 130 valence electrons. The first-order chi connectivity index (χ1) is 11.3. The highest BCUT2D eigenvalue weighted by Gasteiger charge is 2.25. The van der Waals surface area contributed by atoms with Gasteiger partial charge < -0.3 is 5.11 Å². The van der Waals surface area contributed by atoms with E-state index in [-0.39, 0.29) is 12.3 Å². The molecular weight excluding hydrogens is 346 g/mol. The summed E-state index contributed by atoms with van der Waals surface area (Å²) in [4.78, 5) is 0. The molecule has 24 heavy (non-hydrogen) atoms. The fourth-order valence-electron chi connectivity index (χ4n) is 2.34. The van der Waals surface area contributed by atoms with Crippen molar-refractivity contribution in [1.82, 2.24) is 4.72 Å². The average Bonchev–Trinajstić information content (AvgIpc) is 2.55. The van der Waals surface area contributed by atoms with Crippen LogP contribution in [0.3, 0.4) is 0 Å². The molecule has 0 aliphatic rings. The van der Waals surface area contributed by atoms with Gasteiger partial charge in [0.2, 0.25) is 10.0 Å². The summed E-state index contributed by atoms with van der Waals surface area (Å²) in [6.07, 6.45) is 1.23. The normalized spacial score (nSPS) is 14.3. The van der Waals surface area contributed by atoms with Gasteiger partial charge >= 0.3 is 0 Å². The van der Waals surface area contributed by atoms with E-state index >= 15 is 0 Å².